The van der Waals surface area contributed by atoms with E-state index in [9.17, 15) is 39.6 Å². The molecule has 0 fully saturated rings. The van der Waals surface area contributed by atoms with Crippen LogP contribution in [-0.2, 0) is 32.0 Å². The van der Waals surface area contributed by atoms with Gasteiger partial charge in [0.05, 0.1) is 12.7 Å². The largest absolute Gasteiger partial charge is 0.508 e. The first-order valence-corrected chi connectivity index (χ1v) is 11.5. The Labute approximate surface area is 213 Å². The Morgan fingerprint density at radius 3 is 1.78 bits per heavy atom. The molecule has 9 N–H and O–H groups in total. The Kier molecular flexibility index (Phi) is 11.0. The van der Waals surface area contributed by atoms with Crippen molar-refractivity contribution in [3.05, 3.63) is 65.7 Å². The number of carbonyl (C=O) groups excluding carboxylic acids is 3. The van der Waals surface area contributed by atoms with Crippen molar-refractivity contribution in [2.75, 3.05) is 6.61 Å². The molecule has 37 heavy (non-hydrogen) atoms. The zero-order valence-electron chi connectivity index (χ0n) is 20.2. The fourth-order valence-electron chi connectivity index (χ4n) is 3.41. The normalized spacial score (nSPS) is 14.9. The monoisotopic (exact) mass is 516 g/mol. The highest BCUT2D eigenvalue weighted by atomic mass is 16.4. The van der Waals surface area contributed by atoms with Crippen LogP contribution in [0, 0.1) is 0 Å². The highest BCUT2D eigenvalue weighted by molar-refractivity contribution is 5.94. The smallest absolute Gasteiger partial charge is 0.328 e. The van der Waals surface area contributed by atoms with E-state index in [0.29, 0.717) is 11.1 Å². The topological polar surface area (TPSA) is 211 Å². The number of benzene rings is 2. The SMILES string of the molecule is CC(O)C(NC(=O)C(Cc1ccccc1)NC(=O)C(Cc1ccc(O)cc1)NC(=O)C(N)CO)C(=O)O. The number of aromatic hydroxyl groups is 1. The van der Waals surface area contributed by atoms with Gasteiger partial charge in [-0.05, 0) is 30.2 Å². The summed E-state index contributed by atoms with van der Waals surface area (Å²) in [6.45, 7) is 0.547. The molecule has 12 nitrogen and oxygen atoms in total. The molecule has 200 valence electrons. The van der Waals surface area contributed by atoms with Gasteiger partial charge in [-0.1, -0.05) is 42.5 Å². The molecule has 0 spiro atoms. The number of aliphatic hydroxyl groups excluding tert-OH is 2. The lowest BCUT2D eigenvalue weighted by atomic mass is 10.0. The zero-order valence-corrected chi connectivity index (χ0v) is 20.2. The third-order valence-corrected chi connectivity index (χ3v) is 5.50. The molecule has 2 aromatic carbocycles. The van der Waals surface area contributed by atoms with Gasteiger partial charge in [0, 0.05) is 12.8 Å². The first kappa shape index (κ1) is 29.2. The van der Waals surface area contributed by atoms with Crippen LogP contribution in [-0.4, -0.2) is 81.0 Å². The Hall–Kier alpha value is -4.00. The Balaban J connectivity index is 2.31. The van der Waals surface area contributed by atoms with Gasteiger partial charge in [0.1, 0.15) is 23.9 Å². The minimum absolute atomic E-state index is 0.00165. The zero-order chi connectivity index (χ0) is 27.5. The van der Waals surface area contributed by atoms with E-state index in [2.05, 4.69) is 16.0 Å². The molecule has 0 heterocycles. The lowest BCUT2D eigenvalue weighted by molar-refractivity contribution is -0.145. The number of hydrogen-bond donors (Lipinski definition) is 8. The molecular weight excluding hydrogens is 484 g/mol. The molecule has 0 radical (unpaired) electrons. The number of rotatable bonds is 13. The highest BCUT2D eigenvalue weighted by Gasteiger charge is 2.32. The number of amides is 3. The number of phenolic OH excluding ortho intramolecular Hbond substituents is 1. The number of carboxylic acid groups (broad SMARTS) is 1. The molecule has 0 aliphatic carbocycles. The van der Waals surface area contributed by atoms with Gasteiger partial charge in [-0.15, -0.1) is 0 Å². The first-order chi connectivity index (χ1) is 17.5. The van der Waals surface area contributed by atoms with E-state index in [-0.39, 0.29) is 18.6 Å². The van der Waals surface area contributed by atoms with Crippen molar-refractivity contribution in [2.45, 2.75) is 50.0 Å². The minimum atomic E-state index is -1.61. The Morgan fingerprint density at radius 1 is 0.811 bits per heavy atom. The van der Waals surface area contributed by atoms with Crippen LogP contribution in [0.4, 0.5) is 0 Å². The molecule has 3 amide bonds. The second-order valence-corrected chi connectivity index (χ2v) is 8.54. The maximum Gasteiger partial charge on any atom is 0.328 e. The van der Waals surface area contributed by atoms with E-state index in [1.54, 1.807) is 42.5 Å². The lowest BCUT2D eigenvalue weighted by Gasteiger charge is -2.26. The van der Waals surface area contributed by atoms with E-state index in [4.69, 9.17) is 5.73 Å². The average molecular weight is 517 g/mol. The van der Waals surface area contributed by atoms with Crippen molar-refractivity contribution in [2.24, 2.45) is 5.73 Å². The number of aliphatic carboxylic acids is 1. The molecule has 0 saturated heterocycles. The number of carbonyl (C=O) groups is 4. The predicted molar refractivity (Wildman–Crippen MR) is 132 cm³/mol. The summed E-state index contributed by atoms with van der Waals surface area (Å²) < 4.78 is 0. The standard InChI is InChI=1S/C25H32N4O8/c1-14(31)21(25(36)37)29-24(35)20(11-15-5-3-2-4-6-15)28-23(34)19(27-22(33)18(26)13-30)12-16-7-9-17(32)10-8-16/h2-10,14,18-21,30-32H,11-13,26H2,1H3,(H,27,33)(H,28,34)(H,29,35)(H,36,37). The molecular formula is C25H32N4O8. The van der Waals surface area contributed by atoms with Crippen LogP contribution in [0.25, 0.3) is 0 Å². The number of nitrogens with one attached hydrogen (secondary N) is 3. The summed E-state index contributed by atoms with van der Waals surface area (Å²) in [5.41, 5.74) is 6.80. The van der Waals surface area contributed by atoms with Crippen molar-refractivity contribution >= 4 is 23.7 Å². The third kappa shape index (κ3) is 9.18. The van der Waals surface area contributed by atoms with Crippen molar-refractivity contribution < 1.29 is 39.6 Å². The van der Waals surface area contributed by atoms with E-state index in [1.807, 2.05) is 0 Å². The fourth-order valence-corrected chi connectivity index (χ4v) is 3.41. The number of phenols is 1. The molecule has 2 aromatic rings. The van der Waals surface area contributed by atoms with Gasteiger partial charge in [-0.3, -0.25) is 14.4 Å². The summed E-state index contributed by atoms with van der Waals surface area (Å²) in [7, 11) is 0. The van der Waals surface area contributed by atoms with Crippen LogP contribution in [0.3, 0.4) is 0 Å². The lowest BCUT2D eigenvalue weighted by Crippen LogP contribution is -2.59. The van der Waals surface area contributed by atoms with E-state index >= 15 is 0 Å². The quantitative estimate of drug-likeness (QED) is 0.154. The minimum Gasteiger partial charge on any atom is -0.508 e. The Morgan fingerprint density at radius 2 is 1.30 bits per heavy atom. The van der Waals surface area contributed by atoms with Crippen molar-refractivity contribution in [1.29, 1.82) is 0 Å². The molecule has 12 heteroatoms. The molecule has 2 rings (SSSR count). The number of carboxylic acids is 1. The maximum atomic E-state index is 13.3. The van der Waals surface area contributed by atoms with Gasteiger partial charge in [0.15, 0.2) is 6.04 Å². The summed E-state index contributed by atoms with van der Waals surface area (Å²) in [5.74, 6) is -3.88. The summed E-state index contributed by atoms with van der Waals surface area (Å²) in [4.78, 5) is 50.1. The highest BCUT2D eigenvalue weighted by Crippen LogP contribution is 2.12. The predicted octanol–water partition coefficient (Wildman–Crippen LogP) is -1.58. The van der Waals surface area contributed by atoms with Gasteiger partial charge < -0.3 is 42.1 Å². The number of hydrogen-bond acceptors (Lipinski definition) is 8. The van der Waals surface area contributed by atoms with Crippen LogP contribution in [0.5, 0.6) is 5.75 Å². The van der Waals surface area contributed by atoms with Gasteiger partial charge >= 0.3 is 5.97 Å². The van der Waals surface area contributed by atoms with E-state index in [1.165, 1.54) is 19.1 Å². The summed E-state index contributed by atoms with van der Waals surface area (Å²) in [6.07, 6.45) is -1.46. The summed E-state index contributed by atoms with van der Waals surface area (Å²) in [6, 6.07) is 9.14. The molecule has 5 unspecified atom stereocenters. The van der Waals surface area contributed by atoms with Crippen LogP contribution in [0.15, 0.2) is 54.6 Å². The molecule has 0 saturated carbocycles. The van der Waals surface area contributed by atoms with Crippen LogP contribution in [0.1, 0.15) is 18.1 Å². The second kappa shape index (κ2) is 13.9. The number of aliphatic hydroxyl groups is 2. The van der Waals surface area contributed by atoms with Crippen LogP contribution < -0.4 is 21.7 Å². The third-order valence-electron chi connectivity index (χ3n) is 5.50. The van der Waals surface area contributed by atoms with E-state index < -0.39 is 60.6 Å². The van der Waals surface area contributed by atoms with Crippen LogP contribution >= 0.6 is 0 Å². The van der Waals surface area contributed by atoms with Gasteiger partial charge in [0.2, 0.25) is 17.7 Å². The van der Waals surface area contributed by atoms with Gasteiger partial charge in [-0.25, -0.2) is 4.79 Å². The maximum absolute atomic E-state index is 13.3. The summed E-state index contributed by atoms with van der Waals surface area (Å²) in [5, 5.41) is 45.0. The van der Waals surface area contributed by atoms with Crippen molar-refractivity contribution in [3.8, 4) is 5.75 Å². The van der Waals surface area contributed by atoms with Gasteiger partial charge in [-0.2, -0.15) is 0 Å². The summed E-state index contributed by atoms with van der Waals surface area (Å²) >= 11 is 0. The second-order valence-electron chi connectivity index (χ2n) is 8.54. The molecule has 0 aromatic heterocycles. The van der Waals surface area contributed by atoms with Gasteiger partial charge in [0.25, 0.3) is 0 Å². The van der Waals surface area contributed by atoms with Crippen LogP contribution in [0.2, 0.25) is 0 Å². The molecule has 0 aliphatic rings. The molecule has 0 bridgehead atoms. The first-order valence-electron chi connectivity index (χ1n) is 11.5. The number of nitrogens with two attached hydrogens (primary N) is 1. The van der Waals surface area contributed by atoms with Crippen molar-refractivity contribution in [1.82, 2.24) is 16.0 Å². The van der Waals surface area contributed by atoms with E-state index in [0.717, 1.165) is 0 Å². The molecule has 5 atom stereocenters. The fraction of sp³-hybridized carbons (Fsp3) is 0.360. The van der Waals surface area contributed by atoms with Crippen molar-refractivity contribution in [3.63, 3.8) is 0 Å². The Bertz CT molecular complexity index is 1060. The molecule has 0 aliphatic heterocycles. The average Bonchev–Trinajstić information content (AvgIpc) is 2.87.